The Morgan fingerprint density at radius 3 is 3.00 bits per heavy atom. The highest BCUT2D eigenvalue weighted by Gasteiger charge is 2.21. The molecule has 2 heterocycles. The topological polar surface area (TPSA) is 102 Å². The lowest BCUT2D eigenvalue weighted by Crippen LogP contribution is -2.25. The van der Waals surface area contributed by atoms with E-state index >= 15 is 0 Å². The molecule has 98 valence electrons. The van der Waals surface area contributed by atoms with E-state index in [4.69, 9.17) is 22.7 Å². The molecule has 18 heavy (non-hydrogen) atoms. The Kier molecular flexibility index (Phi) is 3.60. The van der Waals surface area contributed by atoms with E-state index in [0.29, 0.717) is 22.2 Å². The van der Waals surface area contributed by atoms with E-state index in [2.05, 4.69) is 15.0 Å². The molecule has 0 amide bonds. The van der Waals surface area contributed by atoms with Crippen LogP contribution in [-0.2, 0) is 4.74 Å². The first-order valence-corrected chi connectivity index (χ1v) is 5.92. The minimum absolute atomic E-state index is 0.204. The number of ether oxygens (including phenoxy) is 1. The summed E-state index contributed by atoms with van der Waals surface area (Å²) in [5, 5.41) is 9.93. The number of fused-ring (bicyclic) bond motifs is 1. The Morgan fingerprint density at radius 2 is 2.39 bits per heavy atom. The highest BCUT2D eigenvalue weighted by molar-refractivity contribution is 7.71. The molecule has 0 saturated heterocycles. The molecule has 2 atom stereocenters. The first-order valence-electron chi connectivity index (χ1n) is 5.51. The third-order valence-electron chi connectivity index (χ3n) is 2.73. The summed E-state index contributed by atoms with van der Waals surface area (Å²) in [6, 6.07) is 0. The lowest BCUT2D eigenvalue weighted by molar-refractivity contribution is -0.0570. The van der Waals surface area contributed by atoms with Crippen LogP contribution in [0.1, 0.15) is 19.6 Å². The number of nitrogen functional groups attached to an aromatic ring is 1. The van der Waals surface area contributed by atoms with E-state index < -0.39 is 12.3 Å². The van der Waals surface area contributed by atoms with Crippen LogP contribution >= 0.6 is 12.2 Å². The molecule has 4 N–H and O–H groups in total. The predicted molar refractivity (Wildman–Crippen MR) is 69.5 cm³/mol. The number of H-pyrrole nitrogens is 1. The monoisotopic (exact) mass is 269 g/mol. The fraction of sp³-hybridized carbons (Fsp3) is 0.500. The lowest BCUT2D eigenvalue weighted by atomic mass is 10.2. The molecular formula is C10H15N5O2S. The second-order valence-electron chi connectivity index (χ2n) is 3.88. The van der Waals surface area contributed by atoms with E-state index in [1.807, 2.05) is 6.92 Å². The lowest BCUT2D eigenvalue weighted by Gasteiger charge is -2.22. The number of rotatable bonds is 4. The second-order valence-corrected chi connectivity index (χ2v) is 4.26. The average molecular weight is 269 g/mol. The average Bonchev–Trinajstić information content (AvgIpc) is 2.74. The van der Waals surface area contributed by atoms with E-state index in [1.165, 1.54) is 7.11 Å². The van der Waals surface area contributed by atoms with E-state index in [1.54, 1.807) is 10.9 Å². The number of anilines is 1. The maximum absolute atomic E-state index is 9.93. The van der Waals surface area contributed by atoms with Crippen molar-refractivity contribution in [2.45, 2.75) is 25.7 Å². The normalized spacial score (nSPS) is 14.8. The van der Waals surface area contributed by atoms with Gasteiger partial charge in [0.05, 0.1) is 12.4 Å². The van der Waals surface area contributed by atoms with Gasteiger partial charge in [-0.2, -0.15) is 0 Å². The van der Waals surface area contributed by atoms with Crippen LogP contribution in [0.5, 0.6) is 0 Å². The number of imidazole rings is 1. The quantitative estimate of drug-likeness (QED) is 0.715. The minimum atomic E-state index is -0.649. The molecule has 0 aliphatic carbocycles. The van der Waals surface area contributed by atoms with Crippen LogP contribution in [0.15, 0.2) is 6.33 Å². The van der Waals surface area contributed by atoms with Gasteiger partial charge in [0.2, 0.25) is 0 Å². The molecule has 2 aromatic rings. The number of nitrogens with one attached hydrogen (secondary N) is 1. The van der Waals surface area contributed by atoms with Crippen LogP contribution < -0.4 is 5.73 Å². The molecule has 0 fully saturated rings. The van der Waals surface area contributed by atoms with Gasteiger partial charge in [-0.1, -0.05) is 19.1 Å². The van der Waals surface area contributed by atoms with Crippen molar-refractivity contribution in [1.29, 1.82) is 0 Å². The number of aliphatic hydroxyl groups is 1. The molecule has 0 spiro atoms. The van der Waals surface area contributed by atoms with Crippen LogP contribution in [-0.4, -0.2) is 37.8 Å². The summed E-state index contributed by atoms with van der Waals surface area (Å²) in [6.07, 6.45) is 0.904. The molecule has 0 saturated carbocycles. The smallest absolute Gasteiger partial charge is 0.200 e. The third-order valence-corrected chi connectivity index (χ3v) is 3.01. The van der Waals surface area contributed by atoms with Gasteiger partial charge in [0.25, 0.3) is 0 Å². The molecule has 8 heteroatoms. The van der Waals surface area contributed by atoms with Crippen molar-refractivity contribution < 1.29 is 9.84 Å². The van der Waals surface area contributed by atoms with Gasteiger partial charge in [-0.3, -0.25) is 4.57 Å². The summed E-state index contributed by atoms with van der Waals surface area (Å²) in [7, 11) is 1.52. The van der Waals surface area contributed by atoms with Gasteiger partial charge in [-0.15, -0.1) is 0 Å². The van der Waals surface area contributed by atoms with Crippen LogP contribution in [0.2, 0.25) is 0 Å². The van der Waals surface area contributed by atoms with Crippen LogP contribution in [0, 0.1) is 4.64 Å². The van der Waals surface area contributed by atoms with Gasteiger partial charge in [0.15, 0.2) is 16.8 Å². The summed E-state index contributed by atoms with van der Waals surface area (Å²) in [5.41, 5.74) is 6.75. The maximum Gasteiger partial charge on any atom is 0.200 e. The minimum Gasteiger partial charge on any atom is -0.388 e. The van der Waals surface area contributed by atoms with Crippen molar-refractivity contribution in [3.05, 3.63) is 11.0 Å². The Morgan fingerprint density at radius 1 is 1.67 bits per heavy atom. The summed E-state index contributed by atoms with van der Waals surface area (Å²) in [4.78, 5) is 11.0. The summed E-state index contributed by atoms with van der Waals surface area (Å²) >= 11 is 5.08. The Balaban J connectivity index is 2.61. The predicted octanol–water partition coefficient (Wildman–Crippen LogP) is 0.987. The number of hydrogen-bond donors (Lipinski definition) is 3. The molecule has 0 aliphatic rings. The Hall–Kier alpha value is -1.51. The van der Waals surface area contributed by atoms with Crippen LogP contribution in [0.4, 0.5) is 5.95 Å². The molecule has 7 nitrogen and oxygen atoms in total. The van der Waals surface area contributed by atoms with E-state index in [9.17, 15) is 5.11 Å². The van der Waals surface area contributed by atoms with Gasteiger partial charge in [0.1, 0.15) is 11.2 Å². The first kappa shape index (κ1) is 12.9. The molecular weight excluding hydrogens is 254 g/mol. The number of aromatic nitrogens is 4. The number of aromatic amines is 1. The van der Waals surface area contributed by atoms with Crippen LogP contribution in [0.25, 0.3) is 11.2 Å². The van der Waals surface area contributed by atoms with Crippen molar-refractivity contribution in [2.24, 2.45) is 0 Å². The maximum atomic E-state index is 9.93. The van der Waals surface area contributed by atoms with Gasteiger partial charge in [0, 0.05) is 7.11 Å². The number of nitrogens with two attached hydrogens (primary N) is 1. The number of hydrogen-bond acceptors (Lipinski definition) is 6. The van der Waals surface area contributed by atoms with E-state index in [-0.39, 0.29) is 5.95 Å². The third kappa shape index (κ3) is 2.09. The van der Waals surface area contributed by atoms with Crippen molar-refractivity contribution >= 4 is 29.3 Å². The largest absolute Gasteiger partial charge is 0.388 e. The number of methoxy groups -OCH3 is 1. The van der Waals surface area contributed by atoms with Gasteiger partial charge in [-0.25, -0.2) is 9.97 Å². The summed E-state index contributed by atoms with van der Waals surface area (Å²) < 4.78 is 7.28. The summed E-state index contributed by atoms with van der Waals surface area (Å²) in [5.74, 6) is 0.204. The second kappa shape index (κ2) is 5.01. The molecule has 2 aromatic heterocycles. The molecule has 0 radical (unpaired) electrons. The van der Waals surface area contributed by atoms with Gasteiger partial charge >= 0.3 is 0 Å². The van der Waals surface area contributed by atoms with Gasteiger partial charge < -0.3 is 20.6 Å². The molecule has 0 bridgehead atoms. The first-order chi connectivity index (χ1) is 8.58. The fourth-order valence-corrected chi connectivity index (χ4v) is 2.05. The number of aliphatic hydroxyl groups excluding tert-OH is 1. The standard InChI is InChI=1S/C10H15N5O2S/c1-3-5(16)9(17-2)15-4-12-6-7(15)13-10(11)14-8(6)18/h4-5,9,16H,3H2,1-2H3,(H3,11,13,14,18)/t5?,9-/m1/s1. The highest BCUT2D eigenvalue weighted by atomic mass is 32.1. The van der Waals surface area contributed by atoms with Crippen molar-refractivity contribution in [2.75, 3.05) is 12.8 Å². The molecule has 0 aromatic carbocycles. The zero-order chi connectivity index (χ0) is 13.3. The molecule has 2 rings (SSSR count). The number of nitrogens with zero attached hydrogens (tertiary/aromatic N) is 3. The zero-order valence-corrected chi connectivity index (χ0v) is 10.9. The van der Waals surface area contributed by atoms with Crippen LogP contribution in [0.3, 0.4) is 0 Å². The molecule has 1 unspecified atom stereocenters. The zero-order valence-electron chi connectivity index (χ0n) is 10.1. The fourth-order valence-electron chi connectivity index (χ4n) is 1.80. The van der Waals surface area contributed by atoms with Crippen molar-refractivity contribution in [1.82, 2.24) is 19.5 Å². The SMILES string of the molecule is CCC(O)[C@@H](OC)n1cnc2c(=S)nc(N)[nH]c21. The Labute approximate surface area is 109 Å². The molecule has 0 aliphatic heterocycles. The Bertz CT molecular complexity index is 608. The van der Waals surface area contributed by atoms with Crippen molar-refractivity contribution in [3.63, 3.8) is 0 Å². The summed E-state index contributed by atoms with van der Waals surface area (Å²) in [6.45, 7) is 1.87. The van der Waals surface area contributed by atoms with E-state index in [0.717, 1.165) is 0 Å². The highest BCUT2D eigenvalue weighted by Crippen LogP contribution is 2.21. The van der Waals surface area contributed by atoms with Crippen molar-refractivity contribution in [3.8, 4) is 0 Å². The van der Waals surface area contributed by atoms with Gasteiger partial charge in [-0.05, 0) is 6.42 Å².